The maximum absolute atomic E-state index is 6.20. The Kier molecular flexibility index (Phi) is 2.57. The van der Waals surface area contributed by atoms with Crippen LogP contribution < -0.4 is 5.73 Å². The van der Waals surface area contributed by atoms with Crippen LogP contribution in [0.3, 0.4) is 0 Å². The molecule has 3 rings (SSSR count). The number of H-pyrrole nitrogens is 1. The second-order valence-corrected chi connectivity index (χ2v) is 4.39. The van der Waals surface area contributed by atoms with Crippen LogP contribution in [0, 0.1) is 6.92 Å². The lowest BCUT2D eigenvalue weighted by molar-refractivity contribution is 0.805. The number of imidazole rings is 1. The normalized spacial score (nSPS) is 12.8. The molecule has 18 heavy (non-hydrogen) atoms. The molecule has 3 N–H and O–H groups in total. The van der Waals surface area contributed by atoms with E-state index in [1.54, 1.807) is 6.20 Å². The first-order valence-corrected chi connectivity index (χ1v) is 5.87. The van der Waals surface area contributed by atoms with Gasteiger partial charge in [-0.2, -0.15) is 0 Å². The SMILES string of the molecule is Cc1cnc2nc(C(N)c3ccccc3)[nH]c2c1. The molecule has 0 bridgehead atoms. The van der Waals surface area contributed by atoms with Gasteiger partial charge in [-0.25, -0.2) is 9.97 Å². The van der Waals surface area contributed by atoms with Gasteiger partial charge in [0.25, 0.3) is 0 Å². The lowest BCUT2D eigenvalue weighted by atomic mass is 10.1. The molecule has 0 amide bonds. The Labute approximate surface area is 105 Å². The summed E-state index contributed by atoms with van der Waals surface area (Å²) in [5.41, 5.74) is 9.97. The van der Waals surface area contributed by atoms with Gasteiger partial charge in [0.1, 0.15) is 5.82 Å². The zero-order chi connectivity index (χ0) is 12.5. The fourth-order valence-corrected chi connectivity index (χ4v) is 1.99. The van der Waals surface area contributed by atoms with Crippen molar-refractivity contribution in [1.82, 2.24) is 15.0 Å². The molecule has 2 heterocycles. The molecule has 2 aromatic heterocycles. The molecule has 0 fully saturated rings. The standard InChI is InChI=1S/C14H14N4/c1-9-7-11-13(16-8-9)18-14(17-11)12(15)10-5-3-2-4-6-10/h2-8,12H,15H2,1H3,(H,16,17,18). The van der Waals surface area contributed by atoms with E-state index in [0.29, 0.717) is 5.65 Å². The van der Waals surface area contributed by atoms with Gasteiger partial charge in [-0.05, 0) is 24.1 Å². The van der Waals surface area contributed by atoms with Gasteiger partial charge in [0, 0.05) is 6.20 Å². The average molecular weight is 238 g/mol. The van der Waals surface area contributed by atoms with Gasteiger partial charge in [-0.3, -0.25) is 0 Å². The number of aromatic nitrogens is 3. The third-order valence-electron chi connectivity index (χ3n) is 2.95. The van der Waals surface area contributed by atoms with Gasteiger partial charge in [-0.1, -0.05) is 30.3 Å². The minimum atomic E-state index is -0.249. The van der Waals surface area contributed by atoms with Gasteiger partial charge in [-0.15, -0.1) is 0 Å². The van der Waals surface area contributed by atoms with Crippen LogP contribution >= 0.6 is 0 Å². The zero-order valence-corrected chi connectivity index (χ0v) is 10.1. The van der Waals surface area contributed by atoms with Crippen molar-refractivity contribution in [3.8, 4) is 0 Å². The maximum Gasteiger partial charge on any atom is 0.177 e. The van der Waals surface area contributed by atoms with Crippen molar-refractivity contribution < 1.29 is 0 Å². The molecule has 0 saturated heterocycles. The van der Waals surface area contributed by atoms with E-state index in [1.807, 2.05) is 43.3 Å². The summed E-state index contributed by atoms with van der Waals surface area (Å²) in [6.07, 6.45) is 1.81. The van der Waals surface area contributed by atoms with E-state index in [1.165, 1.54) is 0 Å². The monoisotopic (exact) mass is 238 g/mol. The van der Waals surface area contributed by atoms with E-state index in [4.69, 9.17) is 5.73 Å². The van der Waals surface area contributed by atoms with Crippen molar-refractivity contribution in [1.29, 1.82) is 0 Å². The number of nitrogens with two attached hydrogens (primary N) is 1. The zero-order valence-electron chi connectivity index (χ0n) is 10.1. The third kappa shape index (κ3) is 1.87. The smallest absolute Gasteiger partial charge is 0.177 e. The fraction of sp³-hybridized carbons (Fsp3) is 0.143. The topological polar surface area (TPSA) is 67.6 Å². The number of aromatic amines is 1. The van der Waals surface area contributed by atoms with Crippen LogP contribution in [0.1, 0.15) is 23.0 Å². The van der Waals surface area contributed by atoms with Gasteiger partial charge >= 0.3 is 0 Å². The first-order chi connectivity index (χ1) is 8.74. The second-order valence-electron chi connectivity index (χ2n) is 4.39. The number of rotatable bonds is 2. The molecule has 0 radical (unpaired) electrons. The molecule has 90 valence electrons. The average Bonchev–Trinajstić information content (AvgIpc) is 2.81. The molecule has 1 atom stereocenters. The highest BCUT2D eigenvalue weighted by Gasteiger charge is 2.13. The molecule has 0 aliphatic carbocycles. The Morgan fingerprint density at radius 1 is 1.22 bits per heavy atom. The number of nitrogens with zero attached hydrogens (tertiary/aromatic N) is 2. The summed E-state index contributed by atoms with van der Waals surface area (Å²) >= 11 is 0. The van der Waals surface area contributed by atoms with Crippen molar-refractivity contribution in [3.63, 3.8) is 0 Å². The number of benzene rings is 1. The number of nitrogens with one attached hydrogen (secondary N) is 1. The largest absolute Gasteiger partial charge is 0.339 e. The second kappa shape index (κ2) is 4.23. The van der Waals surface area contributed by atoms with E-state index in [9.17, 15) is 0 Å². The molecule has 0 aliphatic rings. The van der Waals surface area contributed by atoms with Gasteiger partial charge in [0.05, 0.1) is 11.6 Å². The highest BCUT2D eigenvalue weighted by Crippen LogP contribution is 2.19. The molecule has 0 spiro atoms. The Morgan fingerprint density at radius 2 is 2.00 bits per heavy atom. The highest BCUT2D eigenvalue weighted by atomic mass is 15.0. The number of aryl methyl sites for hydroxylation is 1. The Morgan fingerprint density at radius 3 is 2.78 bits per heavy atom. The van der Waals surface area contributed by atoms with Crippen molar-refractivity contribution in [3.05, 3.63) is 59.5 Å². The summed E-state index contributed by atoms with van der Waals surface area (Å²) in [4.78, 5) is 12.0. The fourth-order valence-electron chi connectivity index (χ4n) is 1.99. The lowest BCUT2D eigenvalue weighted by Crippen LogP contribution is -2.13. The summed E-state index contributed by atoms with van der Waals surface area (Å²) in [5, 5.41) is 0. The molecule has 4 nitrogen and oxygen atoms in total. The predicted molar refractivity (Wildman–Crippen MR) is 71.1 cm³/mol. The van der Waals surface area contributed by atoms with E-state index in [0.717, 1.165) is 22.5 Å². The molecule has 0 aliphatic heterocycles. The van der Waals surface area contributed by atoms with Crippen LogP contribution in [0.2, 0.25) is 0 Å². The minimum absolute atomic E-state index is 0.249. The number of hydrogen-bond donors (Lipinski definition) is 2. The molecular formula is C14H14N4. The van der Waals surface area contributed by atoms with Crippen molar-refractivity contribution in [2.24, 2.45) is 5.73 Å². The number of hydrogen-bond acceptors (Lipinski definition) is 3. The quantitative estimate of drug-likeness (QED) is 0.720. The van der Waals surface area contributed by atoms with E-state index in [2.05, 4.69) is 15.0 Å². The number of fused-ring (bicyclic) bond motifs is 1. The van der Waals surface area contributed by atoms with Crippen LogP contribution in [-0.4, -0.2) is 15.0 Å². The first kappa shape index (κ1) is 10.9. The molecule has 1 unspecified atom stereocenters. The molecule has 3 aromatic rings. The van der Waals surface area contributed by atoms with Gasteiger partial charge < -0.3 is 10.7 Å². The molecule has 4 heteroatoms. The summed E-state index contributed by atoms with van der Waals surface area (Å²) < 4.78 is 0. The van der Waals surface area contributed by atoms with E-state index < -0.39 is 0 Å². The minimum Gasteiger partial charge on any atom is -0.339 e. The Balaban J connectivity index is 2.04. The van der Waals surface area contributed by atoms with Crippen LogP contribution in [-0.2, 0) is 0 Å². The highest BCUT2D eigenvalue weighted by molar-refractivity contribution is 5.71. The van der Waals surface area contributed by atoms with E-state index in [-0.39, 0.29) is 6.04 Å². The first-order valence-electron chi connectivity index (χ1n) is 5.87. The summed E-state index contributed by atoms with van der Waals surface area (Å²) in [6, 6.07) is 11.7. The van der Waals surface area contributed by atoms with Crippen molar-refractivity contribution in [2.75, 3.05) is 0 Å². The molecule has 1 aromatic carbocycles. The predicted octanol–water partition coefficient (Wildman–Crippen LogP) is 2.31. The molecular weight excluding hydrogens is 224 g/mol. The summed E-state index contributed by atoms with van der Waals surface area (Å²) in [7, 11) is 0. The summed E-state index contributed by atoms with van der Waals surface area (Å²) in [6.45, 7) is 2.00. The maximum atomic E-state index is 6.20. The van der Waals surface area contributed by atoms with Crippen LogP contribution in [0.15, 0.2) is 42.6 Å². The lowest BCUT2D eigenvalue weighted by Gasteiger charge is -2.07. The van der Waals surface area contributed by atoms with Crippen LogP contribution in [0.5, 0.6) is 0 Å². The third-order valence-corrected chi connectivity index (χ3v) is 2.95. The van der Waals surface area contributed by atoms with Crippen LogP contribution in [0.25, 0.3) is 11.2 Å². The summed E-state index contributed by atoms with van der Waals surface area (Å²) in [5.74, 6) is 0.745. The van der Waals surface area contributed by atoms with E-state index >= 15 is 0 Å². The number of pyridine rings is 1. The van der Waals surface area contributed by atoms with Crippen molar-refractivity contribution >= 4 is 11.2 Å². The molecule has 0 saturated carbocycles. The van der Waals surface area contributed by atoms with Crippen LogP contribution in [0.4, 0.5) is 0 Å². The Hall–Kier alpha value is -2.20. The van der Waals surface area contributed by atoms with Gasteiger partial charge in [0.2, 0.25) is 0 Å². The van der Waals surface area contributed by atoms with Crippen molar-refractivity contribution in [2.45, 2.75) is 13.0 Å². The Bertz CT molecular complexity index is 673. The van der Waals surface area contributed by atoms with Gasteiger partial charge in [0.15, 0.2) is 5.65 Å².